The molecule has 0 radical (unpaired) electrons. The molecule has 0 aromatic rings. The van der Waals surface area contributed by atoms with E-state index in [2.05, 4.69) is 125 Å². The summed E-state index contributed by atoms with van der Waals surface area (Å²) in [7, 11) is 20.1. The first-order chi connectivity index (χ1) is 20.4. The molecule has 0 rings (SSSR count). The summed E-state index contributed by atoms with van der Waals surface area (Å²) in [5.41, 5.74) is 0.0155. The number of nitrogens with zero attached hydrogens (tertiary/aromatic N) is 4. The van der Waals surface area contributed by atoms with Crippen molar-refractivity contribution in [3.05, 3.63) is 52.5 Å². The zero-order valence-corrected chi connectivity index (χ0v) is 44.9. The maximum absolute atomic E-state index is 8.67. The average molecular weight is 946 g/mol. The van der Waals surface area contributed by atoms with Gasteiger partial charge in [-0.15, -0.1) is 22.2 Å². The van der Waals surface area contributed by atoms with Crippen molar-refractivity contribution in [3.8, 4) is 0 Å². The fourth-order valence-electron chi connectivity index (χ4n) is 1.89. The molecule has 3 N–H and O–H groups in total. The van der Waals surface area contributed by atoms with Crippen LogP contribution in [0.15, 0.2) is 24.8 Å². The largest absolute Gasteiger partial charge is 2.00 e. The number of aliphatic hydroxyl groups excluding tert-OH is 2. The van der Waals surface area contributed by atoms with Crippen LogP contribution in [0.3, 0.4) is 0 Å². The van der Waals surface area contributed by atoms with Crippen molar-refractivity contribution in [3.63, 3.8) is 0 Å². The molecule has 0 atom stereocenters. The topological polar surface area (TPSA) is 127 Å². The summed E-state index contributed by atoms with van der Waals surface area (Å²) in [6.45, 7) is 37.0. The van der Waals surface area contributed by atoms with Crippen molar-refractivity contribution < 1.29 is 114 Å². The minimum atomic E-state index is -3.29. The summed E-state index contributed by atoms with van der Waals surface area (Å²) in [4.78, 5) is 0. The second-order valence-electron chi connectivity index (χ2n) is 14.3. The van der Waals surface area contributed by atoms with E-state index in [4.69, 9.17) is 44.3 Å². The molecule has 51 heavy (non-hydrogen) atoms. The number of halogens is 4. The number of aliphatic hydroxyl groups is 2. The summed E-state index contributed by atoms with van der Waals surface area (Å²) in [6.07, 6.45) is 15.2. The van der Waals surface area contributed by atoms with Crippen LogP contribution < -0.4 is 56.6 Å². The van der Waals surface area contributed by atoms with Crippen LogP contribution in [-0.2, 0) is 41.7 Å². The quantitative estimate of drug-likeness (QED) is 0.221. The van der Waals surface area contributed by atoms with E-state index in [1.165, 1.54) is 12.8 Å². The van der Waals surface area contributed by atoms with Gasteiger partial charge in [-0.25, -0.2) is 24.8 Å². The molecule has 0 aromatic carbocycles. The van der Waals surface area contributed by atoms with Crippen LogP contribution in [0.5, 0.6) is 0 Å². The predicted octanol–water partition coefficient (Wildman–Crippen LogP) is 5.54. The van der Waals surface area contributed by atoms with E-state index in [1.807, 2.05) is 27.7 Å². The van der Waals surface area contributed by atoms with Gasteiger partial charge in [0.15, 0.2) is 0 Å². The average Bonchev–Trinajstić information content (AvgIpc) is 2.87. The fraction of sp³-hybridized carbons (Fsp3) is 0.857. The van der Waals surface area contributed by atoms with Crippen molar-refractivity contribution in [1.82, 2.24) is 0 Å². The van der Waals surface area contributed by atoms with Gasteiger partial charge in [0.25, 0.3) is 0 Å². The predicted molar refractivity (Wildman–Crippen MR) is 214 cm³/mol. The summed E-state index contributed by atoms with van der Waals surface area (Å²) < 4.78 is 0. The molecule has 0 aliphatic carbocycles. The smallest absolute Gasteiger partial charge is 0.870 e. The van der Waals surface area contributed by atoms with E-state index in [9.17, 15) is 0 Å². The van der Waals surface area contributed by atoms with Gasteiger partial charge in [-0.1, -0.05) is 125 Å². The molecule has 0 saturated heterocycles. The molecule has 0 amide bonds. The van der Waals surface area contributed by atoms with E-state index in [1.54, 1.807) is 24.8 Å². The third kappa shape index (κ3) is 143. The van der Waals surface area contributed by atoms with Crippen molar-refractivity contribution in [1.29, 1.82) is 0 Å². The molecule has 0 aromatic heterocycles. The van der Waals surface area contributed by atoms with Crippen LogP contribution in [0.4, 0.5) is 0 Å². The molecule has 0 bridgehead atoms. The van der Waals surface area contributed by atoms with Gasteiger partial charge in [0.2, 0.25) is 0 Å². The van der Waals surface area contributed by atoms with E-state index in [0.29, 0.717) is 0 Å². The van der Waals surface area contributed by atoms with Crippen LogP contribution in [-0.4, -0.2) is 50.1 Å². The Bertz CT molecular complexity index is 592. The van der Waals surface area contributed by atoms with E-state index in [0.717, 1.165) is 25.7 Å². The van der Waals surface area contributed by atoms with Gasteiger partial charge in [-0.3, -0.25) is 0 Å². The monoisotopic (exact) mass is 941 g/mol. The van der Waals surface area contributed by atoms with Crippen LogP contribution in [0, 0.1) is 6.42 Å². The Balaban J connectivity index is -0.0000000427. The second-order valence-corrected chi connectivity index (χ2v) is 36.7. The van der Waals surface area contributed by atoms with Gasteiger partial charge in [-0.2, -0.15) is 12.8 Å². The van der Waals surface area contributed by atoms with Crippen molar-refractivity contribution in [2.75, 3.05) is 0 Å². The Hall–Kier alpha value is 3.28. The number of hydrogen-bond acceptors (Lipinski definition) is 3. The molecule has 0 unspecified atom stereocenters. The molecule has 16 heteroatoms. The second kappa shape index (κ2) is 49.4. The Morgan fingerprint density at radius 1 is 0.490 bits per heavy atom. The SMILES string of the molecule is CC(C)(C)[N-]/C=C\[N-]C(C)(C)C.CC(C)(C)[N-]C=C[N-]C(C)(C)C.CCC(O)CC.CCC(O)CC.CC[CH-]CC.[Cl][Zr]([Cl])([Cl])[Cl].[Li+].[Li+].[Li+].[OH-].[Zr+2]. The van der Waals surface area contributed by atoms with Crippen LogP contribution >= 0.6 is 34.1 Å². The molecule has 0 aliphatic heterocycles. The van der Waals surface area contributed by atoms with Crippen LogP contribution in [0.2, 0.25) is 0 Å². The van der Waals surface area contributed by atoms with Gasteiger partial charge in [-0.05, 0) is 25.7 Å². The molecule has 0 fully saturated rings. The van der Waals surface area contributed by atoms with Crippen molar-refractivity contribution in [2.45, 2.75) is 198 Å². The van der Waals surface area contributed by atoms with E-state index < -0.39 is 15.5 Å². The molecular formula is C35H76Cl4Li3N4O3Zr2-. The number of rotatable bonds is 10. The summed E-state index contributed by atoms with van der Waals surface area (Å²) >= 11 is -3.29. The maximum Gasteiger partial charge on any atom is 2.00 e. The molecule has 294 valence electrons. The molecule has 0 heterocycles. The van der Waals surface area contributed by atoms with Gasteiger partial charge in [0.1, 0.15) is 0 Å². The van der Waals surface area contributed by atoms with Gasteiger partial charge in [0, 0.05) is 0 Å². The summed E-state index contributed by atoms with van der Waals surface area (Å²) in [5.74, 6) is 0. The zero-order valence-electron chi connectivity index (χ0n) is 36.9. The Labute approximate surface area is 393 Å². The molecule has 7 nitrogen and oxygen atoms in total. The first-order valence-electron chi connectivity index (χ1n) is 16.6. The first-order valence-corrected chi connectivity index (χ1v) is 29.2. The van der Waals surface area contributed by atoms with Crippen molar-refractivity contribution in [2.24, 2.45) is 0 Å². The Kier molecular flexibility index (Phi) is 79.7. The molecule has 0 spiro atoms. The molecular weight excluding hydrogens is 869 g/mol. The Morgan fingerprint density at radius 3 is 0.667 bits per heavy atom. The Morgan fingerprint density at radius 2 is 0.627 bits per heavy atom. The zero-order chi connectivity index (χ0) is 38.3. The normalized spacial score (nSPS) is 10.7. The fourth-order valence-corrected chi connectivity index (χ4v) is 1.89. The number of unbranched alkanes of at least 4 members (excludes halogenated alkanes) is 2. The third-order valence-electron chi connectivity index (χ3n) is 4.44. The van der Waals surface area contributed by atoms with E-state index in [-0.39, 0.29) is 123 Å². The molecule has 0 saturated carbocycles. The van der Waals surface area contributed by atoms with Gasteiger partial charge >= 0.3 is 132 Å². The minimum absolute atomic E-state index is 0. The minimum Gasteiger partial charge on any atom is -0.870 e. The van der Waals surface area contributed by atoms with Crippen LogP contribution in [0.1, 0.15) is 163 Å². The summed E-state index contributed by atoms with van der Waals surface area (Å²) in [6, 6.07) is 0. The standard InChI is InChI=1S/2C10H20N2.2C5H12O.C5H11.4ClH.3Li.H2O.2Zr/c2*1-9(2,3)11-7-8-12-10(4,5)6;2*1-3-5(6)4-2;1-3-5-4-2;;;;;;;;;;/h2*7-8H,1-6H3;2*5-6H,3-4H2,1-2H3;5H,3-4H2,1-2H3;4*1H;;;;1H2;;/q2*-2;;;-1;;;;;3*+1;;+2;+4/p-5/b8-7-;;;;;;;;;;;;;;. The first kappa shape index (κ1) is 82.3. The number of hydrogen-bond donors (Lipinski definition) is 2. The summed E-state index contributed by atoms with van der Waals surface area (Å²) in [5, 5.41) is 34.5. The van der Waals surface area contributed by atoms with Gasteiger partial charge < -0.3 is 43.4 Å². The van der Waals surface area contributed by atoms with Crippen LogP contribution in [0.25, 0.3) is 21.3 Å². The van der Waals surface area contributed by atoms with Crippen molar-refractivity contribution >= 4 is 34.1 Å². The third-order valence-corrected chi connectivity index (χ3v) is 4.44. The molecule has 0 aliphatic rings. The van der Waals surface area contributed by atoms with E-state index >= 15 is 0 Å². The van der Waals surface area contributed by atoms with Gasteiger partial charge in [0.05, 0.1) is 12.2 Å². The maximum atomic E-state index is 8.67.